The number of anilines is 1. The van der Waals surface area contributed by atoms with E-state index in [2.05, 4.69) is 31.4 Å². The molecule has 0 radical (unpaired) electrons. The molecule has 1 aromatic rings. The normalized spacial score (nSPS) is 24.9. The van der Waals surface area contributed by atoms with Gasteiger partial charge in [0.05, 0.1) is 11.1 Å². The van der Waals surface area contributed by atoms with Gasteiger partial charge in [-0.2, -0.15) is 0 Å². The molecule has 1 amide bonds. The smallest absolute Gasteiger partial charge is 0.323 e. The summed E-state index contributed by atoms with van der Waals surface area (Å²) in [5, 5.41) is 5.80. The molecule has 2 aliphatic rings. The Balaban J connectivity index is 1.93. The van der Waals surface area contributed by atoms with Gasteiger partial charge in [0.25, 0.3) is 0 Å². The summed E-state index contributed by atoms with van der Waals surface area (Å²) in [6, 6.07) is 2.83. The van der Waals surface area contributed by atoms with E-state index in [1.165, 1.54) is 6.07 Å². The van der Waals surface area contributed by atoms with Crippen LogP contribution >= 0.6 is 0 Å². The number of amides is 1. The first-order chi connectivity index (χ1) is 12.3. The fourth-order valence-electron chi connectivity index (χ4n) is 3.95. The first-order valence-corrected chi connectivity index (χ1v) is 9.41. The molecule has 6 heteroatoms. The molecule has 1 fully saturated rings. The van der Waals surface area contributed by atoms with Crippen LogP contribution in [-0.4, -0.2) is 30.1 Å². The average Bonchev–Trinajstić information content (AvgIpc) is 3.02. The third-order valence-electron chi connectivity index (χ3n) is 4.97. The van der Waals surface area contributed by atoms with Crippen LogP contribution in [0.1, 0.15) is 59.1 Å². The van der Waals surface area contributed by atoms with Crippen molar-refractivity contribution < 1.29 is 18.7 Å². The molecule has 2 aliphatic heterocycles. The van der Waals surface area contributed by atoms with Gasteiger partial charge in [0.2, 0.25) is 5.91 Å². The van der Waals surface area contributed by atoms with Gasteiger partial charge in [0.15, 0.2) is 0 Å². The highest BCUT2D eigenvalue weighted by Gasteiger charge is 2.54. The summed E-state index contributed by atoms with van der Waals surface area (Å²) in [4.78, 5) is 25.2. The average molecular weight is 376 g/mol. The molecular formula is C21H29FN2O3. The summed E-state index contributed by atoms with van der Waals surface area (Å²) in [5.41, 5.74) is 0.198. The lowest BCUT2D eigenvalue weighted by Crippen LogP contribution is -2.37. The lowest BCUT2D eigenvalue weighted by Gasteiger charge is -2.24. The van der Waals surface area contributed by atoms with Gasteiger partial charge in [-0.05, 0) is 56.2 Å². The second-order valence-corrected chi connectivity index (χ2v) is 9.94. The topological polar surface area (TPSA) is 67.4 Å². The van der Waals surface area contributed by atoms with Gasteiger partial charge < -0.3 is 15.4 Å². The quantitative estimate of drug-likeness (QED) is 0.777. The number of esters is 1. The molecular weight excluding hydrogens is 347 g/mol. The molecule has 0 bridgehead atoms. The summed E-state index contributed by atoms with van der Waals surface area (Å²) in [5.74, 6) is -1.06. The Bertz CT molecular complexity index is 792. The molecule has 3 rings (SSSR count). The Kier molecular flexibility index (Phi) is 4.62. The fourth-order valence-corrected chi connectivity index (χ4v) is 3.95. The molecule has 2 heterocycles. The van der Waals surface area contributed by atoms with E-state index < -0.39 is 22.9 Å². The predicted octanol–water partition coefficient (Wildman–Crippen LogP) is 3.31. The number of ether oxygens (including phenoxy) is 1. The third kappa shape index (κ3) is 3.86. The number of rotatable bonds is 2. The Morgan fingerprint density at radius 2 is 1.93 bits per heavy atom. The van der Waals surface area contributed by atoms with Crippen LogP contribution in [0.25, 0.3) is 0 Å². The van der Waals surface area contributed by atoms with E-state index in [9.17, 15) is 14.0 Å². The lowest BCUT2D eigenvalue weighted by molar-refractivity contribution is -0.157. The van der Waals surface area contributed by atoms with Gasteiger partial charge in [0.1, 0.15) is 17.5 Å². The largest absolute Gasteiger partial charge is 0.459 e. The molecule has 148 valence electrons. The second kappa shape index (κ2) is 6.30. The number of benzene rings is 1. The predicted molar refractivity (Wildman–Crippen MR) is 102 cm³/mol. The van der Waals surface area contributed by atoms with Crippen LogP contribution in [0.15, 0.2) is 12.1 Å². The number of halogens is 1. The minimum absolute atomic E-state index is 0.00312. The van der Waals surface area contributed by atoms with Gasteiger partial charge in [-0.25, -0.2) is 4.39 Å². The van der Waals surface area contributed by atoms with E-state index >= 15 is 0 Å². The standard InChI is InChI=1S/C21H29FN2O3/c1-19(2,3)9-12-7-13-16(14(22)8-12)24-18(26)21(13)10-15(23-11-21)17(25)27-20(4,5)6/h7-8,15,23H,9-11H2,1-6H3,(H,24,26). The first-order valence-electron chi connectivity index (χ1n) is 9.41. The van der Waals surface area contributed by atoms with E-state index in [-0.39, 0.29) is 35.9 Å². The zero-order valence-electron chi connectivity index (χ0n) is 17.0. The molecule has 1 aromatic carbocycles. The van der Waals surface area contributed by atoms with Gasteiger partial charge in [-0.15, -0.1) is 0 Å². The zero-order valence-corrected chi connectivity index (χ0v) is 17.0. The number of hydrogen-bond donors (Lipinski definition) is 2. The van der Waals surface area contributed by atoms with Crippen molar-refractivity contribution in [2.75, 3.05) is 11.9 Å². The van der Waals surface area contributed by atoms with E-state index in [1.54, 1.807) is 20.8 Å². The van der Waals surface area contributed by atoms with Crippen molar-refractivity contribution in [3.63, 3.8) is 0 Å². The molecule has 27 heavy (non-hydrogen) atoms. The third-order valence-corrected chi connectivity index (χ3v) is 4.97. The van der Waals surface area contributed by atoms with E-state index in [0.29, 0.717) is 12.0 Å². The molecule has 2 N–H and O–H groups in total. The molecule has 0 saturated carbocycles. The molecule has 1 spiro atoms. The lowest BCUT2D eigenvalue weighted by atomic mass is 9.78. The second-order valence-electron chi connectivity index (χ2n) is 9.94. The Hall–Kier alpha value is -1.95. The van der Waals surface area contributed by atoms with Crippen LogP contribution in [0.2, 0.25) is 0 Å². The maximum atomic E-state index is 14.7. The monoisotopic (exact) mass is 376 g/mol. The summed E-state index contributed by atoms with van der Waals surface area (Å²) < 4.78 is 20.1. The van der Waals surface area contributed by atoms with Crippen molar-refractivity contribution in [1.29, 1.82) is 0 Å². The molecule has 0 aromatic heterocycles. The highest BCUT2D eigenvalue weighted by atomic mass is 19.1. The van der Waals surface area contributed by atoms with Crippen molar-refractivity contribution in [3.8, 4) is 0 Å². The van der Waals surface area contributed by atoms with E-state index in [0.717, 1.165) is 5.56 Å². The number of fused-ring (bicyclic) bond motifs is 2. The first kappa shape index (κ1) is 19.8. The number of carbonyl (C=O) groups excluding carboxylic acids is 2. The molecule has 5 nitrogen and oxygen atoms in total. The van der Waals surface area contributed by atoms with Crippen molar-refractivity contribution in [3.05, 3.63) is 29.1 Å². The van der Waals surface area contributed by atoms with Crippen LogP contribution in [0.5, 0.6) is 0 Å². The SMILES string of the molecule is CC(C)(C)Cc1cc(F)c2c(c1)C1(CNC(C(=O)OC(C)(C)C)C1)C(=O)N2. The van der Waals surface area contributed by atoms with E-state index in [1.807, 2.05) is 6.07 Å². The van der Waals surface area contributed by atoms with Crippen LogP contribution in [0, 0.1) is 11.2 Å². The van der Waals surface area contributed by atoms with Crippen LogP contribution in [-0.2, 0) is 26.2 Å². The van der Waals surface area contributed by atoms with Crippen molar-refractivity contribution >= 4 is 17.6 Å². The zero-order chi connectivity index (χ0) is 20.2. The van der Waals surface area contributed by atoms with Gasteiger partial charge >= 0.3 is 5.97 Å². The fraction of sp³-hybridized carbons (Fsp3) is 0.619. The summed E-state index contributed by atoms with van der Waals surface area (Å²) in [6.45, 7) is 12.0. The molecule has 2 unspecified atom stereocenters. The van der Waals surface area contributed by atoms with Crippen molar-refractivity contribution in [2.24, 2.45) is 5.41 Å². The summed E-state index contributed by atoms with van der Waals surface area (Å²) >= 11 is 0. The van der Waals surface area contributed by atoms with Gasteiger partial charge in [-0.1, -0.05) is 26.8 Å². The van der Waals surface area contributed by atoms with E-state index in [4.69, 9.17) is 4.74 Å². The van der Waals surface area contributed by atoms with Crippen LogP contribution in [0.4, 0.5) is 10.1 Å². The summed E-state index contributed by atoms with van der Waals surface area (Å²) in [7, 11) is 0. The van der Waals surface area contributed by atoms with Crippen molar-refractivity contribution in [1.82, 2.24) is 5.32 Å². The van der Waals surface area contributed by atoms with Gasteiger partial charge in [-0.3, -0.25) is 9.59 Å². The maximum Gasteiger partial charge on any atom is 0.323 e. The maximum absolute atomic E-state index is 14.7. The molecule has 1 saturated heterocycles. The minimum Gasteiger partial charge on any atom is -0.459 e. The highest BCUT2D eigenvalue weighted by Crippen LogP contribution is 2.45. The Labute approximate surface area is 160 Å². The Morgan fingerprint density at radius 1 is 1.26 bits per heavy atom. The number of nitrogens with one attached hydrogen (secondary N) is 2. The van der Waals surface area contributed by atoms with Crippen molar-refractivity contribution in [2.45, 2.75) is 71.4 Å². The van der Waals surface area contributed by atoms with Crippen LogP contribution < -0.4 is 10.6 Å². The van der Waals surface area contributed by atoms with Gasteiger partial charge in [0, 0.05) is 6.54 Å². The van der Waals surface area contributed by atoms with Crippen LogP contribution in [0.3, 0.4) is 0 Å². The molecule has 2 atom stereocenters. The number of carbonyl (C=O) groups is 2. The summed E-state index contributed by atoms with van der Waals surface area (Å²) in [6.07, 6.45) is 0.962. The highest BCUT2D eigenvalue weighted by molar-refractivity contribution is 6.07. The Morgan fingerprint density at radius 3 is 2.52 bits per heavy atom. The minimum atomic E-state index is -0.939. The molecule has 0 aliphatic carbocycles. The number of hydrogen-bond acceptors (Lipinski definition) is 4.